The van der Waals surface area contributed by atoms with Crippen LogP contribution in [0.3, 0.4) is 0 Å². The Morgan fingerprint density at radius 3 is 1.88 bits per heavy atom. The molecule has 4 unspecified atom stereocenters. The minimum atomic E-state index is 0.659. The zero-order valence-corrected chi connectivity index (χ0v) is 13.0. The van der Waals surface area contributed by atoms with Gasteiger partial charge in [-0.2, -0.15) is 0 Å². The van der Waals surface area contributed by atoms with Crippen LogP contribution in [0, 0.1) is 29.6 Å². The average molecular weight is 238 g/mol. The topological polar surface area (TPSA) is 0 Å². The second kappa shape index (κ2) is 8.78. The van der Waals surface area contributed by atoms with Crippen LogP contribution in [-0.4, -0.2) is 0 Å². The molecule has 0 aromatic heterocycles. The van der Waals surface area contributed by atoms with Crippen LogP contribution in [0.1, 0.15) is 67.2 Å². The maximum atomic E-state index is 3.96. The van der Waals surface area contributed by atoms with Crippen molar-refractivity contribution in [1.82, 2.24) is 0 Å². The molecule has 0 aromatic rings. The van der Waals surface area contributed by atoms with Gasteiger partial charge in [-0.15, -0.1) is 6.58 Å². The van der Waals surface area contributed by atoms with Crippen molar-refractivity contribution in [2.24, 2.45) is 29.6 Å². The first-order valence-electron chi connectivity index (χ1n) is 7.58. The second-order valence-electron chi connectivity index (χ2n) is 6.28. The summed E-state index contributed by atoms with van der Waals surface area (Å²) in [6.07, 6.45) is 7.53. The molecule has 4 atom stereocenters. The summed E-state index contributed by atoms with van der Waals surface area (Å²) in [5.74, 6) is 4.05. The highest BCUT2D eigenvalue weighted by molar-refractivity contribution is 4.84. The van der Waals surface area contributed by atoms with Gasteiger partial charge in [-0.25, -0.2) is 0 Å². The van der Waals surface area contributed by atoms with Crippen molar-refractivity contribution in [3.05, 3.63) is 12.7 Å². The molecule has 0 spiro atoms. The fourth-order valence-electron chi connectivity index (χ4n) is 3.26. The molecular formula is C17H34. The minimum Gasteiger partial charge on any atom is -0.103 e. The Morgan fingerprint density at radius 2 is 1.53 bits per heavy atom. The zero-order valence-electron chi connectivity index (χ0n) is 13.0. The second-order valence-corrected chi connectivity index (χ2v) is 6.28. The third-order valence-electron chi connectivity index (χ3n) is 4.34. The van der Waals surface area contributed by atoms with E-state index in [4.69, 9.17) is 0 Å². The number of hydrogen-bond acceptors (Lipinski definition) is 0. The molecule has 0 rings (SSSR count). The first-order valence-corrected chi connectivity index (χ1v) is 7.58. The highest BCUT2D eigenvalue weighted by atomic mass is 14.3. The Bertz CT molecular complexity index is 192. The van der Waals surface area contributed by atoms with E-state index in [1.807, 2.05) is 0 Å². The predicted molar refractivity (Wildman–Crippen MR) is 80.2 cm³/mol. The molecule has 0 nitrogen and oxygen atoms in total. The predicted octanol–water partition coefficient (Wildman–Crippen LogP) is 5.93. The van der Waals surface area contributed by atoms with Crippen LogP contribution < -0.4 is 0 Å². The molecule has 0 amide bonds. The first kappa shape index (κ1) is 16.7. The van der Waals surface area contributed by atoms with Crippen molar-refractivity contribution in [3.8, 4) is 0 Å². The Kier molecular flexibility index (Phi) is 8.64. The molecule has 0 radical (unpaired) electrons. The van der Waals surface area contributed by atoms with Gasteiger partial charge in [-0.1, -0.05) is 60.5 Å². The van der Waals surface area contributed by atoms with Crippen LogP contribution in [0.2, 0.25) is 0 Å². The normalized spacial score (nSPS) is 18.8. The van der Waals surface area contributed by atoms with E-state index in [1.165, 1.54) is 25.7 Å². The lowest BCUT2D eigenvalue weighted by molar-refractivity contribution is 0.220. The van der Waals surface area contributed by atoms with E-state index in [1.54, 1.807) is 0 Å². The number of hydrogen-bond donors (Lipinski definition) is 0. The van der Waals surface area contributed by atoms with Crippen molar-refractivity contribution < 1.29 is 0 Å². The lowest BCUT2D eigenvalue weighted by atomic mass is 9.75. The van der Waals surface area contributed by atoms with Gasteiger partial charge in [0.15, 0.2) is 0 Å². The molecule has 102 valence electrons. The standard InChI is InChI=1S/C17H34/c1-8-14(6)17(10-3)15(7)12-16(9-2)11-13(4)5/h8,13-17H,1,9-12H2,2-7H3. The fraction of sp³-hybridized carbons (Fsp3) is 0.882. The van der Waals surface area contributed by atoms with Gasteiger partial charge < -0.3 is 0 Å². The van der Waals surface area contributed by atoms with Crippen LogP contribution in [0.5, 0.6) is 0 Å². The van der Waals surface area contributed by atoms with Crippen molar-refractivity contribution in [2.45, 2.75) is 67.2 Å². The quantitative estimate of drug-likeness (QED) is 0.436. The van der Waals surface area contributed by atoms with E-state index in [9.17, 15) is 0 Å². The molecule has 0 aliphatic carbocycles. The molecule has 0 heteroatoms. The molecule has 0 fully saturated rings. The molecule has 17 heavy (non-hydrogen) atoms. The van der Waals surface area contributed by atoms with Crippen LogP contribution in [0.25, 0.3) is 0 Å². The zero-order chi connectivity index (χ0) is 13.4. The van der Waals surface area contributed by atoms with Crippen LogP contribution in [-0.2, 0) is 0 Å². The van der Waals surface area contributed by atoms with Gasteiger partial charge in [0.25, 0.3) is 0 Å². The monoisotopic (exact) mass is 238 g/mol. The Balaban J connectivity index is 4.35. The summed E-state index contributed by atoms with van der Waals surface area (Å²) in [5.41, 5.74) is 0. The van der Waals surface area contributed by atoms with Gasteiger partial charge in [-0.05, 0) is 42.4 Å². The molecule has 0 aromatic carbocycles. The molecule has 0 bridgehead atoms. The largest absolute Gasteiger partial charge is 0.103 e. The molecule has 0 heterocycles. The summed E-state index contributed by atoms with van der Waals surface area (Å²) < 4.78 is 0. The van der Waals surface area contributed by atoms with Gasteiger partial charge in [0.05, 0.1) is 0 Å². The fourth-order valence-corrected chi connectivity index (χ4v) is 3.26. The molecule has 0 N–H and O–H groups in total. The van der Waals surface area contributed by atoms with Crippen molar-refractivity contribution in [3.63, 3.8) is 0 Å². The summed E-state index contributed by atoms with van der Waals surface area (Å²) in [4.78, 5) is 0. The van der Waals surface area contributed by atoms with Crippen LogP contribution >= 0.6 is 0 Å². The Hall–Kier alpha value is -0.260. The lowest BCUT2D eigenvalue weighted by Gasteiger charge is -2.30. The van der Waals surface area contributed by atoms with Crippen molar-refractivity contribution in [1.29, 1.82) is 0 Å². The highest BCUT2D eigenvalue weighted by Crippen LogP contribution is 2.32. The third-order valence-corrected chi connectivity index (χ3v) is 4.34. The van der Waals surface area contributed by atoms with E-state index in [2.05, 4.69) is 54.2 Å². The maximum Gasteiger partial charge on any atom is -0.0234 e. The number of allylic oxidation sites excluding steroid dienone is 1. The highest BCUT2D eigenvalue weighted by Gasteiger charge is 2.22. The molecule has 0 aliphatic rings. The van der Waals surface area contributed by atoms with E-state index < -0.39 is 0 Å². The van der Waals surface area contributed by atoms with Crippen molar-refractivity contribution >= 4 is 0 Å². The van der Waals surface area contributed by atoms with Gasteiger partial charge in [0, 0.05) is 0 Å². The summed E-state index contributed by atoms with van der Waals surface area (Å²) in [5, 5.41) is 0. The first-order chi connectivity index (χ1) is 7.96. The van der Waals surface area contributed by atoms with Gasteiger partial charge in [-0.3, -0.25) is 0 Å². The van der Waals surface area contributed by atoms with E-state index in [0.29, 0.717) is 5.92 Å². The van der Waals surface area contributed by atoms with E-state index in [-0.39, 0.29) is 0 Å². The summed E-state index contributed by atoms with van der Waals surface area (Å²) in [6.45, 7) is 18.1. The smallest absolute Gasteiger partial charge is 0.0234 e. The van der Waals surface area contributed by atoms with Crippen LogP contribution in [0.4, 0.5) is 0 Å². The summed E-state index contributed by atoms with van der Waals surface area (Å²) in [7, 11) is 0. The summed E-state index contributed by atoms with van der Waals surface area (Å²) in [6, 6.07) is 0. The molecule has 0 saturated heterocycles. The maximum absolute atomic E-state index is 3.96. The average Bonchev–Trinajstić information content (AvgIpc) is 2.28. The van der Waals surface area contributed by atoms with Crippen molar-refractivity contribution in [2.75, 3.05) is 0 Å². The van der Waals surface area contributed by atoms with Gasteiger partial charge in [0.1, 0.15) is 0 Å². The Labute approximate surface area is 110 Å². The third kappa shape index (κ3) is 6.29. The molecule has 0 saturated carbocycles. The SMILES string of the molecule is C=CC(C)C(CC)C(C)CC(CC)CC(C)C. The van der Waals surface area contributed by atoms with Gasteiger partial charge >= 0.3 is 0 Å². The number of rotatable bonds is 9. The summed E-state index contributed by atoms with van der Waals surface area (Å²) >= 11 is 0. The lowest BCUT2D eigenvalue weighted by Crippen LogP contribution is -2.21. The van der Waals surface area contributed by atoms with E-state index in [0.717, 1.165) is 23.7 Å². The van der Waals surface area contributed by atoms with E-state index >= 15 is 0 Å². The Morgan fingerprint density at radius 1 is 0.941 bits per heavy atom. The molecule has 0 aliphatic heterocycles. The minimum absolute atomic E-state index is 0.659. The van der Waals surface area contributed by atoms with Crippen LogP contribution in [0.15, 0.2) is 12.7 Å². The molecular weight excluding hydrogens is 204 g/mol. The van der Waals surface area contributed by atoms with Gasteiger partial charge in [0.2, 0.25) is 0 Å².